The standard InChI is InChI=1S/C10H4N2O2S/c13-8-5-2-1-3-11-6(5)9(14)10-7(8)12-4-15-10/h1-4H. The molecule has 0 N–H and O–H groups in total. The van der Waals surface area contributed by atoms with Crippen molar-refractivity contribution in [2.75, 3.05) is 0 Å². The fraction of sp³-hybridized carbons (Fsp3) is 0. The zero-order valence-electron chi connectivity index (χ0n) is 7.43. The molecule has 2 heterocycles. The van der Waals surface area contributed by atoms with Crippen molar-refractivity contribution >= 4 is 22.9 Å². The van der Waals surface area contributed by atoms with Crippen molar-refractivity contribution < 1.29 is 9.59 Å². The number of hydrogen-bond acceptors (Lipinski definition) is 5. The molecule has 0 unspecified atom stereocenters. The van der Waals surface area contributed by atoms with E-state index in [0.29, 0.717) is 10.4 Å². The van der Waals surface area contributed by atoms with Crippen LogP contribution in [0.25, 0.3) is 0 Å². The second-order valence-corrected chi connectivity index (χ2v) is 3.94. The van der Waals surface area contributed by atoms with E-state index in [1.165, 1.54) is 23.0 Å². The van der Waals surface area contributed by atoms with Gasteiger partial charge < -0.3 is 0 Å². The number of rotatable bonds is 0. The number of thiazole rings is 1. The van der Waals surface area contributed by atoms with E-state index in [2.05, 4.69) is 9.97 Å². The van der Waals surface area contributed by atoms with E-state index < -0.39 is 0 Å². The Hall–Kier alpha value is -1.88. The van der Waals surface area contributed by atoms with Crippen molar-refractivity contribution in [3.63, 3.8) is 0 Å². The molecule has 0 aromatic carbocycles. The van der Waals surface area contributed by atoms with Gasteiger partial charge in [-0.15, -0.1) is 11.3 Å². The Morgan fingerprint density at radius 2 is 1.93 bits per heavy atom. The van der Waals surface area contributed by atoms with Gasteiger partial charge in [-0.25, -0.2) is 4.98 Å². The average molecular weight is 216 g/mol. The minimum absolute atomic E-state index is 0.206. The van der Waals surface area contributed by atoms with E-state index in [4.69, 9.17) is 0 Å². The maximum atomic E-state index is 11.9. The summed E-state index contributed by atoms with van der Waals surface area (Å²) < 4.78 is 0. The molecule has 2 aromatic heterocycles. The number of pyridine rings is 1. The predicted molar refractivity (Wildman–Crippen MR) is 53.2 cm³/mol. The smallest absolute Gasteiger partial charge is 0.224 e. The van der Waals surface area contributed by atoms with E-state index in [9.17, 15) is 9.59 Å². The van der Waals surface area contributed by atoms with Crippen molar-refractivity contribution in [2.45, 2.75) is 0 Å². The molecular formula is C10H4N2O2S. The molecule has 15 heavy (non-hydrogen) atoms. The van der Waals surface area contributed by atoms with E-state index in [1.807, 2.05) is 0 Å². The summed E-state index contributed by atoms with van der Waals surface area (Å²) in [7, 11) is 0. The summed E-state index contributed by atoms with van der Waals surface area (Å²) in [6, 6.07) is 3.24. The van der Waals surface area contributed by atoms with Crippen molar-refractivity contribution in [1.29, 1.82) is 0 Å². The Balaban J connectivity index is 2.36. The molecule has 0 saturated heterocycles. The van der Waals surface area contributed by atoms with Crippen LogP contribution in [0.5, 0.6) is 0 Å². The summed E-state index contributed by atoms with van der Waals surface area (Å²) in [5, 5.41) is 0. The second-order valence-electron chi connectivity index (χ2n) is 3.09. The average Bonchev–Trinajstić information content (AvgIpc) is 2.75. The normalized spacial score (nSPS) is 13.6. The Bertz CT molecular complexity index is 539. The summed E-state index contributed by atoms with van der Waals surface area (Å²) in [5.74, 6) is -0.420. The summed E-state index contributed by atoms with van der Waals surface area (Å²) in [6.45, 7) is 0. The molecule has 0 spiro atoms. The van der Waals surface area contributed by atoms with Gasteiger partial charge in [-0.05, 0) is 12.1 Å². The third-order valence-electron chi connectivity index (χ3n) is 2.26. The number of fused-ring (bicyclic) bond motifs is 2. The number of nitrogens with zero attached hydrogens (tertiary/aromatic N) is 2. The van der Waals surface area contributed by atoms with Crippen LogP contribution in [0.1, 0.15) is 31.4 Å². The first-order valence-electron chi connectivity index (χ1n) is 4.27. The van der Waals surface area contributed by atoms with Crippen molar-refractivity contribution in [3.05, 3.63) is 45.7 Å². The monoisotopic (exact) mass is 216 g/mol. The first kappa shape index (κ1) is 8.43. The van der Waals surface area contributed by atoms with Crippen LogP contribution >= 0.6 is 11.3 Å². The van der Waals surface area contributed by atoms with Gasteiger partial charge in [0.05, 0.1) is 11.1 Å². The molecule has 0 fully saturated rings. The van der Waals surface area contributed by atoms with Crippen LogP contribution in [0.15, 0.2) is 23.8 Å². The van der Waals surface area contributed by atoms with Gasteiger partial charge in [-0.3, -0.25) is 14.6 Å². The molecule has 2 aromatic rings. The molecule has 1 aliphatic carbocycles. The third-order valence-corrected chi connectivity index (χ3v) is 3.08. The number of ketones is 2. The van der Waals surface area contributed by atoms with Gasteiger partial charge in [0.2, 0.25) is 11.6 Å². The van der Waals surface area contributed by atoms with Crippen LogP contribution in [0, 0.1) is 0 Å². The molecule has 72 valence electrons. The van der Waals surface area contributed by atoms with Crippen LogP contribution in [0.3, 0.4) is 0 Å². The molecular weight excluding hydrogens is 212 g/mol. The quantitative estimate of drug-likeness (QED) is 0.568. The lowest BCUT2D eigenvalue weighted by molar-refractivity contribution is 0.0975. The van der Waals surface area contributed by atoms with Crippen molar-refractivity contribution in [3.8, 4) is 0 Å². The molecule has 0 radical (unpaired) electrons. The molecule has 0 saturated carbocycles. The molecule has 0 aliphatic heterocycles. The van der Waals surface area contributed by atoms with Crippen LogP contribution in [0.2, 0.25) is 0 Å². The van der Waals surface area contributed by atoms with E-state index in [1.54, 1.807) is 12.1 Å². The fourth-order valence-electron chi connectivity index (χ4n) is 1.57. The summed E-state index contributed by atoms with van der Waals surface area (Å²) >= 11 is 1.18. The summed E-state index contributed by atoms with van der Waals surface area (Å²) in [6.07, 6.45) is 1.51. The molecule has 0 bridgehead atoms. The van der Waals surface area contributed by atoms with Gasteiger partial charge in [-0.2, -0.15) is 0 Å². The van der Waals surface area contributed by atoms with Gasteiger partial charge >= 0.3 is 0 Å². The number of aromatic nitrogens is 2. The highest BCUT2D eigenvalue weighted by molar-refractivity contribution is 7.12. The first-order valence-corrected chi connectivity index (χ1v) is 5.15. The summed E-state index contributed by atoms with van der Waals surface area (Å²) in [5.41, 5.74) is 2.34. The lowest BCUT2D eigenvalue weighted by atomic mass is 9.96. The zero-order chi connectivity index (χ0) is 10.4. The Kier molecular flexibility index (Phi) is 1.58. The van der Waals surface area contributed by atoms with E-state index in [0.717, 1.165) is 0 Å². The minimum Gasteiger partial charge on any atom is -0.287 e. The van der Waals surface area contributed by atoms with Crippen LogP contribution in [-0.4, -0.2) is 21.5 Å². The van der Waals surface area contributed by atoms with Gasteiger partial charge in [0.25, 0.3) is 0 Å². The zero-order valence-corrected chi connectivity index (χ0v) is 8.25. The SMILES string of the molecule is O=C1c2cccnc2C(=O)c2scnc21. The molecule has 0 amide bonds. The van der Waals surface area contributed by atoms with Gasteiger partial charge in [-0.1, -0.05) is 0 Å². The third kappa shape index (κ3) is 1.01. The molecule has 1 aliphatic rings. The second kappa shape index (κ2) is 2.80. The van der Waals surface area contributed by atoms with Gasteiger partial charge in [0.15, 0.2) is 0 Å². The Morgan fingerprint density at radius 3 is 2.80 bits per heavy atom. The topological polar surface area (TPSA) is 59.9 Å². The highest BCUT2D eigenvalue weighted by atomic mass is 32.1. The van der Waals surface area contributed by atoms with Crippen LogP contribution in [-0.2, 0) is 0 Å². The maximum absolute atomic E-state index is 11.9. The van der Waals surface area contributed by atoms with E-state index in [-0.39, 0.29) is 23.0 Å². The molecule has 5 heteroatoms. The predicted octanol–water partition coefficient (Wildman–Crippen LogP) is 1.31. The minimum atomic E-state index is -0.214. The lowest BCUT2D eigenvalue weighted by Crippen LogP contribution is -2.20. The van der Waals surface area contributed by atoms with Gasteiger partial charge in [0, 0.05) is 6.20 Å². The largest absolute Gasteiger partial charge is 0.287 e. The van der Waals surface area contributed by atoms with Gasteiger partial charge in [0.1, 0.15) is 16.3 Å². The number of hydrogen-bond donors (Lipinski definition) is 0. The molecule has 3 rings (SSSR count). The highest BCUT2D eigenvalue weighted by Crippen LogP contribution is 2.27. The Morgan fingerprint density at radius 1 is 1.07 bits per heavy atom. The maximum Gasteiger partial charge on any atom is 0.224 e. The van der Waals surface area contributed by atoms with Crippen LogP contribution in [0.4, 0.5) is 0 Å². The number of carbonyl (C=O) groups is 2. The number of carbonyl (C=O) groups excluding carboxylic acids is 2. The molecule has 4 nitrogen and oxygen atoms in total. The molecule has 0 atom stereocenters. The summed E-state index contributed by atoms with van der Waals surface area (Å²) in [4.78, 5) is 32.0. The van der Waals surface area contributed by atoms with Crippen LogP contribution < -0.4 is 0 Å². The Labute approximate surface area is 88.6 Å². The first-order chi connectivity index (χ1) is 7.29. The van der Waals surface area contributed by atoms with E-state index >= 15 is 0 Å². The highest BCUT2D eigenvalue weighted by Gasteiger charge is 2.32. The van der Waals surface area contributed by atoms with Crippen molar-refractivity contribution in [2.24, 2.45) is 0 Å². The van der Waals surface area contributed by atoms with Crippen molar-refractivity contribution in [1.82, 2.24) is 9.97 Å². The lowest BCUT2D eigenvalue weighted by Gasteiger charge is -2.10. The fourth-order valence-corrected chi connectivity index (χ4v) is 2.30.